The Bertz CT molecular complexity index is 656. The minimum atomic E-state index is -4.40. The van der Waals surface area contributed by atoms with Crippen molar-refractivity contribution >= 4 is 0 Å². The molecule has 0 saturated carbocycles. The van der Waals surface area contributed by atoms with Crippen LogP contribution in [0.5, 0.6) is 5.75 Å². The summed E-state index contributed by atoms with van der Waals surface area (Å²) >= 11 is 0. The molecule has 4 nitrogen and oxygen atoms in total. The molecule has 3 rings (SSSR count). The van der Waals surface area contributed by atoms with Crippen molar-refractivity contribution in [1.82, 2.24) is 14.9 Å². The smallest absolute Gasteiger partial charge is 0.419 e. The molecule has 2 aromatic rings. The van der Waals surface area contributed by atoms with Crippen LogP contribution in [0, 0.1) is 0 Å². The predicted octanol–water partition coefficient (Wildman–Crippen LogP) is 3.54. The number of para-hydroxylation sites is 1. The molecule has 1 fully saturated rings. The van der Waals surface area contributed by atoms with E-state index in [1.54, 1.807) is 24.5 Å². The Morgan fingerprint density at radius 2 is 1.71 bits per heavy atom. The van der Waals surface area contributed by atoms with E-state index in [1.807, 2.05) is 0 Å². The van der Waals surface area contributed by atoms with Gasteiger partial charge in [-0.2, -0.15) is 13.2 Å². The average molecular weight is 337 g/mol. The molecular weight excluding hydrogens is 319 g/mol. The van der Waals surface area contributed by atoms with Crippen molar-refractivity contribution in [3.05, 3.63) is 54.1 Å². The van der Waals surface area contributed by atoms with Crippen LogP contribution in [-0.2, 0) is 12.7 Å². The Kier molecular flexibility index (Phi) is 4.99. The van der Waals surface area contributed by atoms with Gasteiger partial charge in [0, 0.05) is 25.5 Å². The van der Waals surface area contributed by atoms with Crippen molar-refractivity contribution in [1.29, 1.82) is 0 Å². The summed E-state index contributed by atoms with van der Waals surface area (Å²) in [5.74, 6) is 0.661. The van der Waals surface area contributed by atoms with Gasteiger partial charge in [0.1, 0.15) is 17.7 Å². The summed E-state index contributed by atoms with van der Waals surface area (Å²) in [5, 5.41) is 0. The van der Waals surface area contributed by atoms with Crippen LogP contribution in [0.2, 0.25) is 0 Å². The van der Waals surface area contributed by atoms with Gasteiger partial charge in [-0.1, -0.05) is 12.1 Å². The van der Waals surface area contributed by atoms with Crippen LogP contribution >= 0.6 is 0 Å². The van der Waals surface area contributed by atoms with Crippen molar-refractivity contribution in [3.63, 3.8) is 0 Å². The molecule has 0 N–H and O–H groups in total. The summed E-state index contributed by atoms with van der Waals surface area (Å²) in [6, 6.07) is 7.14. The molecule has 1 aromatic carbocycles. The summed E-state index contributed by atoms with van der Waals surface area (Å²) in [6.07, 6.45) is 0.153. The van der Waals surface area contributed by atoms with E-state index in [-0.39, 0.29) is 11.9 Å². The van der Waals surface area contributed by atoms with Gasteiger partial charge < -0.3 is 4.74 Å². The number of aromatic nitrogens is 2. The molecule has 1 aliphatic heterocycles. The van der Waals surface area contributed by atoms with Crippen molar-refractivity contribution in [2.45, 2.75) is 31.7 Å². The van der Waals surface area contributed by atoms with Crippen LogP contribution in [0.25, 0.3) is 0 Å². The second kappa shape index (κ2) is 7.17. The minimum Gasteiger partial charge on any atom is -0.490 e. The lowest BCUT2D eigenvalue weighted by molar-refractivity contribution is -0.139. The summed E-state index contributed by atoms with van der Waals surface area (Å²) in [7, 11) is 0. The fourth-order valence-electron chi connectivity index (χ4n) is 2.78. The standard InChI is InChI=1S/C17H18F3N3O/c18-17(19,20)14-4-1-2-5-15(14)24-13-6-10-23(11-7-13)12-16-21-8-3-9-22-16/h1-5,8-9,13H,6-7,10-12H2. The highest BCUT2D eigenvalue weighted by atomic mass is 19.4. The number of halogens is 3. The normalized spacial score (nSPS) is 17.0. The molecule has 7 heteroatoms. The number of hydrogen-bond acceptors (Lipinski definition) is 4. The van der Waals surface area contributed by atoms with Crippen LogP contribution in [-0.4, -0.2) is 34.1 Å². The first-order valence-corrected chi connectivity index (χ1v) is 7.83. The zero-order valence-electron chi connectivity index (χ0n) is 13.0. The van der Waals surface area contributed by atoms with E-state index >= 15 is 0 Å². The van der Waals surface area contributed by atoms with E-state index in [4.69, 9.17) is 4.74 Å². The number of benzene rings is 1. The van der Waals surface area contributed by atoms with Crippen molar-refractivity contribution in [3.8, 4) is 5.75 Å². The summed E-state index contributed by atoms with van der Waals surface area (Å²) in [5.41, 5.74) is -0.717. The number of ether oxygens (including phenoxy) is 1. The first-order chi connectivity index (χ1) is 11.5. The summed E-state index contributed by atoms with van der Waals surface area (Å²) < 4.78 is 44.6. The molecule has 1 aromatic heterocycles. The molecule has 0 atom stereocenters. The number of hydrogen-bond donors (Lipinski definition) is 0. The Morgan fingerprint density at radius 3 is 2.38 bits per heavy atom. The van der Waals surface area contributed by atoms with Gasteiger partial charge in [-0.05, 0) is 31.0 Å². The highest BCUT2D eigenvalue weighted by molar-refractivity contribution is 5.35. The molecule has 0 radical (unpaired) electrons. The molecule has 2 heterocycles. The van der Waals surface area contributed by atoms with Gasteiger partial charge in [0.2, 0.25) is 0 Å². The topological polar surface area (TPSA) is 38.2 Å². The van der Waals surface area contributed by atoms with E-state index in [0.717, 1.165) is 25.0 Å². The fourth-order valence-corrected chi connectivity index (χ4v) is 2.78. The van der Waals surface area contributed by atoms with Crippen molar-refractivity contribution in [2.24, 2.45) is 0 Å². The third kappa shape index (κ3) is 4.23. The highest BCUT2D eigenvalue weighted by Gasteiger charge is 2.35. The largest absolute Gasteiger partial charge is 0.490 e. The Balaban J connectivity index is 1.56. The van der Waals surface area contributed by atoms with Gasteiger partial charge in [-0.15, -0.1) is 0 Å². The molecule has 24 heavy (non-hydrogen) atoms. The van der Waals surface area contributed by atoms with E-state index in [2.05, 4.69) is 14.9 Å². The fraction of sp³-hybridized carbons (Fsp3) is 0.412. The first-order valence-electron chi connectivity index (χ1n) is 7.83. The first kappa shape index (κ1) is 16.7. The molecule has 0 spiro atoms. The van der Waals surface area contributed by atoms with E-state index in [0.29, 0.717) is 19.4 Å². The summed E-state index contributed by atoms with van der Waals surface area (Å²) in [4.78, 5) is 10.6. The van der Waals surface area contributed by atoms with Gasteiger partial charge in [-0.25, -0.2) is 9.97 Å². The highest BCUT2D eigenvalue weighted by Crippen LogP contribution is 2.36. The van der Waals surface area contributed by atoms with Gasteiger partial charge in [0.15, 0.2) is 0 Å². The maximum absolute atomic E-state index is 13.0. The van der Waals surface area contributed by atoms with Crippen molar-refractivity contribution < 1.29 is 17.9 Å². The lowest BCUT2D eigenvalue weighted by atomic mass is 10.1. The second-order valence-corrected chi connectivity index (χ2v) is 5.75. The quantitative estimate of drug-likeness (QED) is 0.855. The third-order valence-electron chi connectivity index (χ3n) is 4.00. The molecule has 128 valence electrons. The number of alkyl halides is 3. The van der Waals surface area contributed by atoms with Crippen LogP contribution in [0.3, 0.4) is 0 Å². The lowest BCUT2D eigenvalue weighted by Gasteiger charge is -2.32. The third-order valence-corrected chi connectivity index (χ3v) is 4.00. The van der Waals surface area contributed by atoms with E-state index in [9.17, 15) is 13.2 Å². The maximum Gasteiger partial charge on any atom is 0.419 e. The zero-order valence-corrected chi connectivity index (χ0v) is 13.0. The van der Waals surface area contributed by atoms with Gasteiger partial charge >= 0.3 is 6.18 Å². The van der Waals surface area contributed by atoms with Gasteiger partial charge in [0.05, 0.1) is 12.1 Å². The molecule has 0 bridgehead atoms. The lowest BCUT2D eigenvalue weighted by Crippen LogP contribution is -2.38. The average Bonchev–Trinajstić information content (AvgIpc) is 2.57. The molecule has 1 saturated heterocycles. The predicted molar refractivity (Wildman–Crippen MR) is 82.4 cm³/mol. The van der Waals surface area contributed by atoms with Crippen LogP contribution in [0.1, 0.15) is 24.2 Å². The zero-order chi connectivity index (χ0) is 17.0. The Labute approximate surface area is 138 Å². The molecule has 0 amide bonds. The summed E-state index contributed by atoms with van der Waals surface area (Å²) in [6.45, 7) is 2.14. The minimum absolute atomic E-state index is 0.0881. The molecule has 0 unspecified atom stereocenters. The van der Waals surface area contributed by atoms with Crippen LogP contribution < -0.4 is 4.74 Å². The molecule has 1 aliphatic rings. The van der Waals surface area contributed by atoms with Gasteiger partial charge in [0.25, 0.3) is 0 Å². The van der Waals surface area contributed by atoms with E-state index < -0.39 is 11.7 Å². The Hall–Kier alpha value is -2.15. The SMILES string of the molecule is FC(F)(F)c1ccccc1OC1CCN(Cc2ncccn2)CC1. The number of rotatable bonds is 4. The molecular formula is C17H18F3N3O. The second-order valence-electron chi connectivity index (χ2n) is 5.75. The number of piperidine rings is 1. The number of likely N-dealkylation sites (tertiary alicyclic amines) is 1. The van der Waals surface area contributed by atoms with Gasteiger partial charge in [-0.3, -0.25) is 4.90 Å². The maximum atomic E-state index is 13.0. The molecule has 0 aliphatic carbocycles. The van der Waals surface area contributed by atoms with Crippen molar-refractivity contribution in [2.75, 3.05) is 13.1 Å². The monoisotopic (exact) mass is 337 g/mol. The van der Waals surface area contributed by atoms with Crippen LogP contribution in [0.4, 0.5) is 13.2 Å². The van der Waals surface area contributed by atoms with E-state index in [1.165, 1.54) is 12.1 Å². The van der Waals surface area contributed by atoms with Crippen LogP contribution in [0.15, 0.2) is 42.7 Å². The Morgan fingerprint density at radius 1 is 1.04 bits per heavy atom. The number of nitrogens with zero attached hydrogens (tertiary/aromatic N) is 3.